The largest absolute Gasteiger partial charge is 0.496 e. The van der Waals surface area contributed by atoms with Crippen LogP contribution >= 0.6 is 0 Å². The van der Waals surface area contributed by atoms with E-state index in [1.54, 1.807) is 62.5 Å². The lowest BCUT2D eigenvalue weighted by molar-refractivity contribution is -0.128. The molecule has 0 spiro atoms. The Morgan fingerprint density at radius 3 is 1.24 bits per heavy atom. The number of hydrogen-bond acceptors (Lipinski definition) is 6. The van der Waals surface area contributed by atoms with E-state index in [0.717, 1.165) is 51.7 Å². The van der Waals surface area contributed by atoms with Gasteiger partial charge in [0.05, 0.1) is 28.4 Å². The van der Waals surface area contributed by atoms with Crippen molar-refractivity contribution < 1.29 is 28.5 Å². The number of rotatable bonds is 10. The van der Waals surface area contributed by atoms with Crippen molar-refractivity contribution in [2.24, 2.45) is 0 Å². The molecular weight excluding hydrogens is 520 g/mol. The molecule has 0 atom stereocenters. The average Bonchev–Trinajstić information content (AvgIpc) is 3.25. The molecule has 0 aliphatic carbocycles. The maximum atomic E-state index is 12.8. The molecule has 0 bridgehead atoms. The van der Waals surface area contributed by atoms with E-state index in [-0.39, 0.29) is 11.8 Å². The maximum absolute atomic E-state index is 12.8. The second kappa shape index (κ2) is 15.4. The van der Waals surface area contributed by atoms with Gasteiger partial charge in [0.25, 0.3) is 0 Å². The van der Waals surface area contributed by atoms with Crippen molar-refractivity contribution in [3.8, 4) is 23.0 Å². The SMILES string of the molecule is COc1cc(/C=C/C=C/C(=O)N2CCCN(C(=O)/C=C/C=C/c3cc(OC)c(C)c(OC)c3)CC2)cc(OC)c1C. The van der Waals surface area contributed by atoms with Gasteiger partial charge in [-0.25, -0.2) is 0 Å². The normalized spacial score (nSPS) is 14.3. The minimum Gasteiger partial charge on any atom is -0.496 e. The number of carbonyl (C=O) groups is 2. The van der Waals surface area contributed by atoms with E-state index in [1.165, 1.54) is 0 Å². The average molecular weight is 561 g/mol. The topological polar surface area (TPSA) is 77.5 Å². The summed E-state index contributed by atoms with van der Waals surface area (Å²) in [6.45, 7) is 6.05. The van der Waals surface area contributed by atoms with Gasteiger partial charge in [-0.1, -0.05) is 36.5 Å². The van der Waals surface area contributed by atoms with E-state index in [4.69, 9.17) is 18.9 Å². The van der Waals surface area contributed by atoms with Gasteiger partial charge in [-0.3, -0.25) is 9.59 Å². The molecule has 2 aromatic rings. The predicted molar refractivity (Wildman–Crippen MR) is 163 cm³/mol. The summed E-state index contributed by atoms with van der Waals surface area (Å²) in [5, 5.41) is 0. The quantitative estimate of drug-likeness (QED) is 0.292. The van der Waals surface area contributed by atoms with Crippen molar-refractivity contribution in [1.82, 2.24) is 9.80 Å². The zero-order chi connectivity index (χ0) is 29.8. The number of benzene rings is 2. The first-order valence-corrected chi connectivity index (χ1v) is 13.5. The molecule has 1 aliphatic rings. The van der Waals surface area contributed by atoms with Gasteiger partial charge in [0.1, 0.15) is 23.0 Å². The van der Waals surface area contributed by atoms with Gasteiger partial charge in [-0.05, 0) is 55.7 Å². The first kappa shape index (κ1) is 31.1. The Morgan fingerprint density at radius 2 is 0.927 bits per heavy atom. The fourth-order valence-corrected chi connectivity index (χ4v) is 4.58. The smallest absolute Gasteiger partial charge is 0.246 e. The molecule has 0 N–H and O–H groups in total. The molecule has 8 nitrogen and oxygen atoms in total. The van der Waals surface area contributed by atoms with Crippen LogP contribution in [-0.2, 0) is 9.59 Å². The maximum Gasteiger partial charge on any atom is 0.246 e. The number of allylic oxidation sites excluding steroid dienone is 4. The summed E-state index contributed by atoms with van der Waals surface area (Å²) in [4.78, 5) is 29.1. The summed E-state index contributed by atoms with van der Waals surface area (Å²) in [6.07, 6.45) is 14.7. The molecular formula is C33H40N2O6. The first-order valence-electron chi connectivity index (χ1n) is 13.5. The van der Waals surface area contributed by atoms with Gasteiger partial charge in [0.15, 0.2) is 0 Å². The highest BCUT2D eigenvalue weighted by Crippen LogP contribution is 2.31. The Balaban J connectivity index is 1.53. The summed E-state index contributed by atoms with van der Waals surface area (Å²) in [7, 11) is 6.50. The second-order valence-electron chi connectivity index (χ2n) is 9.54. The summed E-state index contributed by atoms with van der Waals surface area (Å²) in [5.41, 5.74) is 3.68. The monoisotopic (exact) mass is 560 g/mol. The Hall–Kier alpha value is -4.46. The molecule has 1 aliphatic heterocycles. The molecule has 0 saturated carbocycles. The zero-order valence-corrected chi connectivity index (χ0v) is 24.8. The highest BCUT2D eigenvalue weighted by atomic mass is 16.5. The van der Waals surface area contributed by atoms with Gasteiger partial charge in [0.2, 0.25) is 11.8 Å². The van der Waals surface area contributed by atoms with E-state index in [9.17, 15) is 9.59 Å². The summed E-state index contributed by atoms with van der Waals surface area (Å²) in [5.74, 6) is 2.81. The van der Waals surface area contributed by atoms with Gasteiger partial charge < -0.3 is 28.7 Å². The van der Waals surface area contributed by atoms with Crippen LogP contribution in [0.4, 0.5) is 0 Å². The fourth-order valence-electron chi connectivity index (χ4n) is 4.58. The Morgan fingerprint density at radius 1 is 0.585 bits per heavy atom. The lowest BCUT2D eigenvalue weighted by atomic mass is 10.1. The van der Waals surface area contributed by atoms with Crippen molar-refractivity contribution in [3.05, 3.63) is 83.0 Å². The first-order chi connectivity index (χ1) is 19.8. The van der Waals surface area contributed by atoms with Crippen LogP contribution in [0.3, 0.4) is 0 Å². The van der Waals surface area contributed by atoms with E-state index >= 15 is 0 Å². The Bertz CT molecular complexity index is 1190. The third-order valence-electron chi connectivity index (χ3n) is 6.95. The minimum atomic E-state index is -0.0783. The van der Waals surface area contributed by atoms with Crippen molar-refractivity contribution in [2.45, 2.75) is 20.3 Å². The van der Waals surface area contributed by atoms with Gasteiger partial charge in [-0.15, -0.1) is 0 Å². The number of methoxy groups -OCH3 is 4. The molecule has 1 heterocycles. The summed E-state index contributed by atoms with van der Waals surface area (Å²) < 4.78 is 21.7. The van der Waals surface area contributed by atoms with Crippen LogP contribution in [0.25, 0.3) is 12.2 Å². The van der Waals surface area contributed by atoms with E-state index < -0.39 is 0 Å². The Kier molecular flexibility index (Phi) is 11.6. The third kappa shape index (κ3) is 8.51. The van der Waals surface area contributed by atoms with Crippen LogP contribution in [0.1, 0.15) is 28.7 Å². The lowest BCUT2D eigenvalue weighted by Crippen LogP contribution is -2.36. The second-order valence-corrected chi connectivity index (χ2v) is 9.54. The van der Waals surface area contributed by atoms with E-state index in [2.05, 4.69) is 0 Å². The molecule has 0 unspecified atom stereocenters. The molecule has 0 radical (unpaired) electrons. The van der Waals surface area contributed by atoms with Crippen LogP contribution in [0, 0.1) is 13.8 Å². The van der Waals surface area contributed by atoms with Gasteiger partial charge in [-0.2, -0.15) is 0 Å². The molecule has 218 valence electrons. The predicted octanol–water partition coefficient (Wildman–Crippen LogP) is 5.24. The van der Waals surface area contributed by atoms with Crippen molar-refractivity contribution in [3.63, 3.8) is 0 Å². The minimum absolute atomic E-state index is 0.0783. The van der Waals surface area contributed by atoms with E-state index in [0.29, 0.717) is 26.2 Å². The summed E-state index contributed by atoms with van der Waals surface area (Å²) in [6, 6.07) is 7.69. The molecule has 2 amide bonds. The molecule has 1 saturated heterocycles. The number of amides is 2. The molecule has 2 aromatic carbocycles. The highest BCUT2D eigenvalue weighted by molar-refractivity contribution is 5.89. The standard InChI is InChI=1S/C33H40N2O6/c1-24-28(38-3)20-26(21-29(24)39-4)12-7-9-14-32(36)34-16-11-17-35(19-18-34)33(37)15-10-8-13-27-22-30(40-5)25(2)31(23-27)41-6/h7-10,12-15,20-23H,11,16-19H2,1-6H3/b12-7+,13-8+,14-9+,15-10+. The summed E-state index contributed by atoms with van der Waals surface area (Å²) >= 11 is 0. The van der Waals surface area contributed by atoms with Crippen molar-refractivity contribution in [1.29, 1.82) is 0 Å². The number of ether oxygens (including phenoxy) is 4. The van der Waals surface area contributed by atoms with Crippen LogP contribution in [-0.4, -0.2) is 76.2 Å². The number of hydrogen-bond donors (Lipinski definition) is 0. The molecule has 1 fully saturated rings. The fraction of sp³-hybridized carbons (Fsp3) is 0.333. The number of nitrogens with zero attached hydrogens (tertiary/aromatic N) is 2. The van der Waals surface area contributed by atoms with Crippen LogP contribution in [0.15, 0.2) is 60.7 Å². The number of carbonyl (C=O) groups excluding carboxylic acids is 2. The van der Waals surface area contributed by atoms with Crippen molar-refractivity contribution >= 4 is 24.0 Å². The highest BCUT2D eigenvalue weighted by Gasteiger charge is 2.19. The molecule has 8 heteroatoms. The molecule has 41 heavy (non-hydrogen) atoms. The zero-order valence-electron chi connectivity index (χ0n) is 24.8. The third-order valence-corrected chi connectivity index (χ3v) is 6.95. The Labute approximate surface area is 243 Å². The van der Waals surface area contributed by atoms with E-state index in [1.807, 2.05) is 62.4 Å². The van der Waals surface area contributed by atoms with Gasteiger partial charge in [0, 0.05) is 49.5 Å². The van der Waals surface area contributed by atoms with Crippen LogP contribution < -0.4 is 18.9 Å². The van der Waals surface area contributed by atoms with Gasteiger partial charge >= 0.3 is 0 Å². The van der Waals surface area contributed by atoms with Crippen LogP contribution in [0.2, 0.25) is 0 Å². The molecule has 0 aromatic heterocycles. The van der Waals surface area contributed by atoms with Crippen LogP contribution in [0.5, 0.6) is 23.0 Å². The van der Waals surface area contributed by atoms with Crippen molar-refractivity contribution in [2.75, 3.05) is 54.6 Å². The lowest BCUT2D eigenvalue weighted by Gasteiger charge is -2.20. The molecule has 3 rings (SSSR count).